The minimum absolute atomic E-state index is 0.0297. The molecule has 258 valence electrons. The Morgan fingerprint density at radius 1 is 1.13 bits per heavy atom. The van der Waals surface area contributed by atoms with E-state index in [1.165, 1.54) is 16.4 Å². The Labute approximate surface area is 273 Å². The van der Waals surface area contributed by atoms with Gasteiger partial charge in [0.1, 0.15) is 24.1 Å². The molecule has 2 saturated heterocycles. The summed E-state index contributed by atoms with van der Waals surface area (Å²) < 4.78 is 80.1. The third-order valence-corrected chi connectivity index (χ3v) is 10.1. The molecule has 5 atom stereocenters. The quantitative estimate of drug-likeness (QED) is 0.228. The number of anilines is 1. The standard InChI is InChI=1S/C33H43F2N3O8S/c1-20(2)17-38(47(41,42)24-10-11-25-28(16-24)46-32(37-25)36-21(3)4)18-26(39)23(14-22-8-6-5-7-9-22)15-29(40)45-27-12-13-43-31-30(27)33(34,35)19-44-31/h5-11,16,20-21,23,26-27,30-31,39H,12-15,17-19H2,1-4H3,(H,36,37)/t23-,26-,27+,30+,31+/m1/s1. The molecule has 2 aliphatic rings. The number of rotatable bonds is 14. The number of aromatic nitrogens is 1. The highest BCUT2D eigenvalue weighted by molar-refractivity contribution is 7.89. The van der Waals surface area contributed by atoms with Gasteiger partial charge >= 0.3 is 5.97 Å². The van der Waals surface area contributed by atoms with Gasteiger partial charge in [0.15, 0.2) is 11.9 Å². The van der Waals surface area contributed by atoms with Gasteiger partial charge in [0.05, 0.1) is 24.0 Å². The predicted molar refractivity (Wildman–Crippen MR) is 169 cm³/mol. The van der Waals surface area contributed by atoms with Crippen molar-refractivity contribution in [2.75, 3.05) is 31.6 Å². The lowest BCUT2D eigenvalue weighted by molar-refractivity contribution is -0.208. The Bertz CT molecular complexity index is 1620. The fraction of sp³-hybridized carbons (Fsp3) is 0.576. The number of benzene rings is 2. The number of oxazole rings is 1. The second-order valence-electron chi connectivity index (χ2n) is 13.0. The molecule has 0 saturated carbocycles. The van der Waals surface area contributed by atoms with Gasteiger partial charge in [-0.25, -0.2) is 17.2 Å². The number of ether oxygens (including phenoxy) is 3. The molecule has 2 fully saturated rings. The zero-order valence-corrected chi connectivity index (χ0v) is 27.8. The van der Waals surface area contributed by atoms with Crippen LogP contribution in [0.1, 0.15) is 46.1 Å². The molecule has 2 N–H and O–H groups in total. The molecule has 0 aliphatic carbocycles. The highest BCUT2D eigenvalue weighted by Crippen LogP contribution is 2.43. The van der Waals surface area contributed by atoms with E-state index in [4.69, 9.17) is 18.6 Å². The van der Waals surface area contributed by atoms with E-state index in [1.54, 1.807) is 6.07 Å². The van der Waals surface area contributed by atoms with Gasteiger partial charge in [-0.05, 0) is 43.9 Å². The summed E-state index contributed by atoms with van der Waals surface area (Å²) in [5.41, 5.74) is 1.59. The third-order valence-electron chi connectivity index (χ3n) is 8.27. The van der Waals surface area contributed by atoms with E-state index in [0.29, 0.717) is 5.52 Å². The maximum absolute atomic E-state index is 14.6. The number of alkyl halides is 2. The first-order chi connectivity index (χ1) is 22.2. The molecule has 0 unspecified atom stereocenters. The molecule has 2 aromatic carbocycles. The number of sulfonamides is 1. The van der Waals surface area contributed by atoms with Crippen molar-refractivity contribution >= 4 is 33.1 Å². The molecule has 5 rings (SSSR count). The number of esters is 1. The molecule has 14 heteroatoms. The van der Waals surface area contributed by atoms with Crippen molar-refractivity contribution in [2.45, 2.75) is 82.3 Å². The lowest BCUT2D eigenvalue weighted by Crippen LogP contribution is -2.47. The van der Waals surface area contributed by atoms with Gasteiger partial charge < -0.3 is 29.1 Å². The smallest absolute Gasteiger partial charge is 0.306 e. The molecule has 1 aromatic heterocycles. The van der Waals surface area contributed by atoms with Crippen molar-refractivity contribution in [3.63, 3.8) is 0 Å². The Balaban J connectivity index is 1.36. The van der Waals surface area contributed by atoms with Gasteiger partial charge in [-0.2, -0.15) is 9.29 Å². The van der Waals surface area contributed by atoms with E-state index < -0.39 is 58.9 Å². The fourth-order valence-corrected chi connectivity index (χ4v) is 7.69. The van der Waals surface area contributed by atoms with Crippen LogP contribution in [-0.2, 0) is 35.4 Å². The van der Waals surface area contributed by atoms with E-state index in [1.807, 2.05) is 58.0 Å². The number of hydrogen-bond donors (Lipinski definition) is 2. The highest BCUT2D eigenvalue weighted by atomic mass is 32.2. The van der Waals surface area contributed by atoms with E-state index in [0.717, 1.165) is 5.56 Å². The number of aliphatic hydroxyl groups excluding tert-OH is 1. The van der Waals surface area contributed by atoms with Crippen LogP contribution in [0, 0.1) is 17.8 Å². The lowest BCUT2D eigenvalue weighted by atomic mass is 9.90. The predicted octanol–water partition coefficient (Wildman–Crippen LogP) is 4.84. The number of carbonyl (C=O) groups excluding carboxylic acids is 1. The largest absolute Gasteiger partial charge is 0.462 e. The summed E-state index contributed by atoms with van der Waals surface area (Å²) in [6.45, 7) is 6.64. The Kier molecular flexibility index (Phi) is 10.9. The maximum atomic E-state index is 14.6. The zero-order valence-electron chi connectivity index (χ0n) is 27.0. The molecule has 2 aliphatic heterocycles. The van der Waals surface area contributed by atoms with Crippen LogP contribution < -0.4 is 5.32 Å². The number of nitrogens with zero attached hydrogens (tertiary/aromatic N) is 2. The van der Waals surface area contributed by atoms with Crippen LogP contribution in [0.5, 0.6) is 0 Å². The van der Waals surface area contributed by atoms with E-state index in [-0.39, 0.29) is 67.4 Å². The first-order valence-electron chi connectivity index (χ1n) is 15.9. The van der Waals surface area contributed by atoms with Crippen molar-refractivity contribution in [1.82, 2.24) is 9.29 Å². The van der Waals surface area contributed by atoms with Gasteiger partial charge in [-0.1, -0.05) is 44.2 Å². The minimum Gasteiger partial charge on any atom is -0.462 e. The van der Waals surface area contributed by atoms with Crippen LogP contribution in [0.15, 0.2) is 57.8 Å². The van der Waals surface area contributed by atoms with Crippen LogP contribution in [0.25, 0.3) is 11.1 Å². The normalized spacial score (nSPS) is 22.5. The summed E-state index contributed by atoms with van der Waals surface area (Å²) in [6, 6.07) is 13.9. The molecule has 0 amide bonds. The summed E-state index contributed by atoms with van der Waals surface area (Å²) >= 11 is 0. The number of hydrogen-bond acceptors (Lipinski definition) is 10. The third kappa shape index (κ3) is 8.47. The van der Waals surface area contributed by atoms with Crippen molar-refractivity contribution in [3.05, 3.63) is 54.1 Å². The summed E-state index contributed by atoms with van der Waals surface area (Å²) in [5.74, 6) is -6.29. The average Bonchev–Trinajstić information content (AvgIpc) is 3.55. The van der Waals surface area contributed by atoms with Crippen molar-refractivity contribution in [1.29, 1.82) is 0 Å². The first kappa shape index (κ1) is 35.1. The molecule has 0 radical (unpaired) electrons. The highest BCUT2D eigenvalue weighted by Gasteiger charge is 2.58. The van der Waals surface area contributed by atoms with Crippen LogP contribution in [0.2, 0.25) is 0 Å². The Morgan fingerprint density at radius 3 is 2.57 bits per heavy atom. The van der Waals surface area contributed by atoms with Crippen LogP contribution in [0.4, 0.5) is 14.8 Å². The second-order valence-corrected chi connectivity index (χ2v) is 15.0. The monoisotopic (exact) mass is 679 g/mol. The molecular weight excluding hydrogens is 636 g/mol. The Morgan fingerprint density at radius 2 is 1.87 bits per heavy atom. The van der Waals surface area contributed by atoms with Gasteiger partial charge in [0, 0.05) is 37.5 Å². The maximum Gasteiger partial charge on any atom is 0.306 e. The van der Waals surface area contributed by atoms with Crippen molar-refractivity contribution in [3.8, 4) is 0 Å². The lowest BCUT2D eigenvalue weighted by Gasteiger charge is -2.35. The molecule has 0 spiro atoms. The minimum atomic E-state index is -4.14. The van der Waals surface area contributed by atoms with Crippen LogP contribution in [-0.4, -0.2) is 85.5 Å². The molecular formula is C33H43F2N3O8S. The van der Waals surface area contributed by atoms with Crippen LogP contribution >= 0.6 is 0 Å². The van der Waals surface area contributed by atoms with E-state index in [9.17, 15) is 27.1 Å². The first-order valence-corrected chi connectivity index (χ1v) is 17.4. The Hall–Kier alpha value is -3.17. The van der Waals surface area contributed by atoms with E-state index >= 15 is 0 Å². The topological polar surface area (TPSA) is 140 Å². The molecule has 11 nitrogen and oxygen atoms in total. The summed E-state index contributed by atoms with van der Waals surface area (Å²) in [7, 11) is -4.14. The second kappa shape index (κ2) is 14.5. The average molecular weight is 680 g/mol. The van der Waals surface area contributed by atoms with Crippen molar-refractivity contribution in [2.24, 2.45) is 17.8 Å². The molecule has 3 aromatic rings. The van der Waals surface area contributed by atoms with Gasteiger partial charge in [0.2, 0.25) is 10.0 Å². The number of aliphatic hydroxyl groups is 1. The van der Waals surface area contributed by atoms with Crippen LogP contribution in [0.3, 0.4) is 0 Å². The number of carbonyl (C=O) groups is 1. The van der Waals surface area contributed by atoms with Crippen molar-refractivity contribution < 1.29 is 45.7 Å². The molecule has 0 bridgehead atoms. The number of halogens is 2. The van der Waals surface area contributed by atoms with Gasteiger partial charge in [-0.3, -0.25) is 4.79 Å². The van der Waals surface area contributed by atoms with Gasteiger partial charge in [0.25, 0.3) is 11.9 Å². The molecule has 47 heavy (non-hydrogen) atoms. The molecule has 3 heterocycles. The zero-order chi connectivity index (χ0) is 33.9. The number of nitrogens with one attached hydrogen (secondary N) is 1. The van der Waals surface area contributed by atoms with E-state index in [2.05, 4.69) is 10.3 Å². The number of fused-ring (bicyclic) bond motifs is 2. The summed E-state index contributed by atoms with van der Waals surface area (Å²) in [4.78, 5) is 17.6. The van der Waals surface area contributed by atoms with Gasteiger partial charge in [-0.15, -0.1) is 0 Å². The SMILES string of the molecule is CC(C)CN(C[C@@H](O)[C@@H](CC(=O)O[C@H]1CCO[C@H]2OCC(F)(F)[C@H]21)Cc1ccccc1)S(=O)(=O)c1ccc2nc(NC(C)C)oc2c1. The summed E-state index contributed by atoms with van der Waals surface area (Å²) in [5, 5.41) is 14.7. The summed E-state index contributed by atoms with van der Waals surface area (Å²) in [6.07, 6.45) is -3.59. The fourth-order valence-electron chi connectivity index (χ4n) is 6.05.